The van der Waals surface area contributed by atoms with Crippen molar-refractivity contribution < 1.29 is 4.74 Å². The van der Waals surface area contributed by atoms with Gasteiger partial charge >= 0.3 is 0 Å². The smallest absolute Gasteiger partial charge is 0.251 e. The van der Waals surface area contributed by atoms with Gasteiger partial charge in [0.2, 0.25) is 0 Å². The predicted octanol–water partition coefficient (Wildman–Crippen LogP) is 0.863. The molecule has 2 aromatic heterocycles. The van der Waals surface area contributed by atoms with Crippen molar-refractivity contribution in [2.24, 2.45) is 0 Å². The van der Waals surface area contributed by atoms with Gasteiger partial charge in [-0.2, -0.15) is 0 Å². The van der Waals surface area contributed by atoms with E-state index in [1.54, 1.807) is 43.8 Å². The lowest BCUT2D eigenvalue weighted by Crippen LogP contribution is -2.25. The van der Waals surface area contributed by atoms with Crippen molar-refractivity contribution >= 4 is 0 Å². The van der Waals surface area contributed by atoms with E-state index in [4.69, 9.17) is 4.74 Å². The van der Waals surface area contributed by atoms with Crippen LogP contribution in [0.1, 0.15) is 11.1 Å². The van der Waals surface area contributed by atoms with Crippen molar-refractivity contribution in [1.29, 1.82) is 0 Å². The predicted molar refractivity (Wildman–Crippen MR) is 72.3 cm³/mol. The molecule has 0 atom stereocenters. The van der Waals surface area contributed by atoms with Crippen LogP contribution in [0.4, 0.5) is 0 Å². The van der Waals surface area contributed by atoms with Gasteiger partial charge in [0.1, 0.15) is 0 Å². The third-order valence-corrected chi connectivity index (χ3v) is 3.03. The summed E-state index contributed by atoms with van der Waals surface area (Å²) in [5, 5.41) is 0. The molecule has 0 aliphatic rings. The van der Waals surface area contributed by atoms with Crippen LogP contribution in [0.5, 0.6) is 0 Å². The van der Waals surface area contributed by atoms with E-state index < -0.39 is 0 Å². The van der Waals surface area contributed by atoms with Crippen molar-refractivity contribution in [1.82, 2.24) is 9.97 Å². The van der Waals surface area contributed by atoms with Gasteiger partial charge in [-0.05, 0) is 12.1 Å². The van der Waals surface area contributed by atoms with Gasteiger partial charge in [0.15, 0.2) is 0 Å². The van der Waals surface area contributed by atoms with Crippen LogP contribution in [-0.4, -0.2) is 23.2 Å². The molecule has 0 aromatic carbocycles. The molecule has 100 valence electrons. The number of aromatic amines is 2. The molecule has 0 saturated carbocycles. The molecular weight excluding hydrogens is 244 g/mol. The van der Waals surface area contributed by atoms with Crippen molar-refractivity contribution in [3.63, 3.8) is 0 Å². The second kappa shape index (κ2) is 6.15. The molecule has 2 aromatic rings. The van der Waals surface area contributed by atoms with E-state index in [9.17, 15) is 9.59 Å². The molecule has 0 amide bonds. The van der Waals surface area contributed by atoms with Gasteiger partial charge < -0.3 is 14.7 Å². The van der Waals surface area contributed by atoms with Crippen molar-refractivity contribution in [2.45, 2.75) is 18.9 Å². The standard InChI is InChI=1S/C14H16N2O3/c1-19-12(8-10-4-2-6-15-13(10)17)9-11-5-3-7-16-14(11)18/h2-7,12H,8-9H2,1H3,(H,15,17)(H,16,18). The Bertz CT molecular complexity index is 590. The van der Waals surface area contributed by atoms with Gasteiger partial charge in [-0.3, -0.25) is 9.59 Å². The van der Waals surface area contributed by atoms with Crippen LogP contribution in [0.3, 0.4) is 0 Å². The zero-order valence-electron chi connectivity index (χ0n) is 10.7. The van der Waals surface area contributed by atoms with Crippen LogP contribution in [-0.2, 0) is 17.6 Å². The summed E-state index contributed by atoms with van der Waals surface area (Å²) in [6.07, 6.45) is 3.93. The quantitative estimate of drug-likeness (QED) is 0.837. The fourth-order valence-electron chi connectivity index (χ4n) is 1.96. The van der Waals surface area contributed by atoms with Crippen LogP contribution in [0.2, 0.25) is 0 Å². The maximum atomic E-state index is 11.6. The first kappa shape index (κ1) is 13.3. The molecule has 2 rings (SSSR count). The molecule has 2 heterocycles. The van der Waals surface area contributed by atoms with Gasteiger partial charge in [0.25, 0.3) is 11.1 Å². The molecule has 0 unspecified atom stereocenters. The summed E-state index contributed by atoms with van der Waals surface area (Å²) in [5.41, 5.74) is 1.07. The number of pyridine rings is 2. The third-order valence-electron chi connectivity index (χ3n) is 3.03. The van der Waals surface area contributed by atoms with Gasteiger partial charge in [-0.25, -0.2) is 0 Å². The highest BCUT2D eigenvalue weighted by atomic mass is 16.5. The molecule has 0 saturated heterocycles. The van der Waals surface area contributed by atoms with Gasteiger partial charge in [0.05, 0.1) is 6.10 Å². The summed E-state index contributed by atoms with van der Waals surface area (Å²) in [7, 11) is 1.58. The summed E-state index contributed by atoms with van der Waals surface area (Å²) in [6.45, 7) is 0. The van der Waals surface area contributed by atoms with E-state index in [0.717, 1.165) is 0 Å². The van der Waals surface area contributed by atoms with E-state index >= 15 is 0 Å². The number of ether oxygens (including phenoxy) is 1. The molecule has 0 aliphatic carbocycles. The Morgan fingerprint density at radius 2 is 1.47 bits per heavy atom. The van der Waals surface area contributed by atoms with E-state index in [2.05, 4.69) is 9.97 Å². The molecule has 2 N–H and O–H groups in total. The van der Waals surface area contributed by atoms with E-state index in [-0.39, 0.29) is 17.2 Å². The number of hydrogen-bond acceptors (Lipinski definition) is 3. The molecule has 5 nitrogen and oxygen atoms in total. The summed E-state index contributed by atoms with van der Waals surface area (Å²) in [4.78, 5) is 28.5. The normalized spacial score (nSPS) is 10.8. The lowest BCUT2D eigenvalue weighted by atomic mass is 10.0. The number of nitrogens with one attached hydrogen (secondary N) is 2. The zero-order chi connectivity index (χ0) is 13.7. The second-order valence-electron chi connectivity index (χ2n) is 4.31. The summed E-state index contributed by atoms with van der Waals surface area (Å²) in [5.74, 6) is 0. The molecule has 0 radical (unpaired) electrons. The largest absolute Gasteiger partial charge is 0.381 e. The number of hydrogen-bond donors (Lipinski definition) is 2. The van der Waals surface area contributed by atoms with Gasteiger partial charge in [0, 0.05) is 43.5 Å². The van der Waals surface area contributed by atoms with Crippen molar-refractivity contribution in [2.75, 3.05) is 7.11 Å². The van der Waals surface area contributed by atoms with Crippen molar-refractivity contribution in [3.8, 4) is 0 Å². The zero-order valence-corrected chi connectivity index (χ0v) is 10.7. The Kier molecular flexibility index (Phi) is 4.30. The van der Waals surface area contributed by atoms with Crippen LogP contribution in [0.25, 0.3) is 0 Å². The number of rotatable bonds is 5. The molecular formula is C14H16N2O3. The minimum atomic E-state index is -0.202. The highest BCUT2D eigenvalue weighted by Crippen LogP contribution is 2.06. The first-order valence-corrected chi connectivity index (χ1v) is 6.06. The van der Waals surface area contributed by atoms with Crippen LogP contribution >= 0.6 is 0 Å². The summed E-state index contributed by atoms with van der Waals surface area (Å²) in [6, 6.07) is 7.08. The number of aromatic nitrogens is 2. The van der Waals surface area contributed by atoms with Crippen LogP contribution in [0, 0.1) is 0 Å². The first-order valence-electron chi connectivity index (χ1n) is 6.06. The molecule has 0 aliphatic heterocycles. The molecule has 0 spiro atoms. The first-order chi connectivity index (χ1) is 9.20. The highest BCUT2D eigenvalue weighted by molar-refractivity contribution is 5.14. The fourth-order valence-corrected chi connectivity index (χ4v) is 1.96. The average molecular weight is 260 g/mol. The average Bonchev–Trinajstić information content (AvgIpc) is 2.42. The summed E-state index contributed by atoms with van der Waals surface area (Å²) < 4.78 is 5.36. The molecule has 5 heteroatoms. The molecule has 0 bridgehead atoms. The third kappa shape index (κ3) is 3.42. The Morgan fingerprint density at radius 1 is 1.00 bits per heavy atom. The Labute approximate surface area is 110 Å². The minimum absolute atomic E-state index is 0.119. The second-order valence-corrected chi connectivity index (χ2v) is 4.31. The van der Waals surface area contributed by atoms with Gasteiger partial charge in [-0.1, -0.05) is 12.1 Å². The Hall–Kier alpha value is -2.14. The van der Waals surface area contributed by atoms with Gasteiger partial charge in [-0.15, -0.1) is 0 Å². The van der Waals surface area contributed by atoms with Crippen LogP contribution < -0.4 is 11.1 Å². The maximum absolute atomic E-state index is 11.6. The van der Waals surface area contributed by atoms with E-state index in [1.165, 1.54) is 0 Å². The van der Waals surface area contributed by atoms with Crippen molar-refractivity contribution in [3.05, 3.63) is 68.5 Å². The lowest BCUT2D eigenvalue weighted by Gasteiger charge is -2.14. The monoisotopic (exact) mass is 260 g/mol. The van der Waals surface area contributed by atoms with E-state index in [0.29, 0.717) is 24.0 Å². The highest BCUT2D eigenvalue weighted by Gasteiger charge is 2.13. The SMILES string of the molecule is COC(Cc1ccc[nH]c1=O)Cc1ccc[nH]c1=O. The summed E-state index contributed by atoms with van der Waals surface area (Å²) >= 11 is 0. The van der Waals surface area contributed by atoms with Crippen LogP contribution in [0.15, 0.2) is 46.2 Å². The fraction of sp³-hybridized carbons (Fsp3) is 0.286. The van der Waals surface area contributed by atoms with E-state index in [1.807, 2.05) is 0 Å². The molecule has 0 fully saturated rings. The lowest BCUT2D eigenvalue weighted by molar-refractivity contribution is 0.103. The maximum Gasteiger partial charge on any atom is 0.251 e. The Morgan fingerprint density at radius 3 is 1.84 bits per heavy atom. The number of H-pyrrole nitrogens is 2. The number of methoxy groups -OCH3 is 1. The molecule has 19 heavy (non-hydrogen) atoms. The minimum Gasteiger partial charge on any atom is -0.381 e. The topological polar surface area (TPSA) is 75.0 Å². The Balaban J connectivity index is 2.14.